The molecule has 3 unspecified atom stereocenters. The maximum absolute atomic E-state index is 14.7. The number of amides is 3. The van der Waals surface area contributed by atoms with Crippen molar-refractivity contribution in [2.75, 3.05) is 6.54 Å². The number of benzene rings is 2. The molecular weight excluding hydrogens is 554 g/mol. The van der Waals surface area contributed by atoms with Crippen molar-refractivity contribution in [3.05, 3.63) is 64.7 Å². The average molecular weight is 610 g/mol. The van der Waals surface area contributed by atoms with Gasteiger partial charge in [-0.2, -0.15) is 0 Å². The van der Waals surface area contributed by atoms with Crippen LogP contribution >= 0.6 is 0 Å². The van der Waals surface area contributed by atoms with Crippen LogP contribution in [0.4, 0.5) is 4.79 Å². The highest BCUT2D eigenvalue weighted by Crippen LogP contribution is 2.29. The van der Waals surface area contributed by atoms with Gasteiger partial charge in [0, 0.05) is 19.0 Å². The summed E-state index contributed by atoms with van der Waals surface area (Å²) >= 11 is 0. The van der Waals surface area contributed by atoms with Crippen LogP contribution in [0.15, 0.2) is 42.5 Å². The monoisotopic (exact) mass is 609 g/mol. The molecule has 0 saturated carbocycles. The first-order valence-corrected chi connectivity index (χ1v) is 16.2. The molecule has 8 heteroatoms. The minimum absolute atomic E-state index is 0.0608. The Labute approximate surface area is 264 Å². The Morgan fingerprint density at radius 1 is 0.909 bits per heavy atom. The summed E-state index contributed by atoms with van der Waals surface area (Å²) in [4.78, 5) is 43.5. The van der Waals surface area contributed by atoms with Crippen molar-refractivity contribution in [2.24, 2.45) is 0 Å². The fraction of sp³-hybridized carbons (Fsp3) is 0.583. The van der Waals surface area contributed by atoms with Crippen LogP contribution < -0.4 is 10.6 Å². The molecule has 0 spiro atoms. The Morgan fingerprint density at radius 2 is 1.57 bits per heavy atom. The molecule has 0 aliphatic heterocycles. The number of hydrogen-bond acceptors (Lipinski definition) is 5. The van der Waals surface area contributed by atoms with Gasteiger partial charge in [-0.15, -0.1) is 0 Å². The summed E-state index contributed by atoms with van der Waals surface area (Å²) in [7, 11) is 0. The van der Waals surface area contributed by atoms with Gasteiger partial charge >= 0.3 is 6.09 Å². The quantitative estimate of drug-likeness (QED) is 0.173. The molecule has 244 valence electrons. The van der Waals surface area contributed by atoms with Gasteiger partial charge in [-0.3, -0.25) is 9.59 Å². The normalized spacial score (nSPS) is 13.5. The van der Waals surface area contributed by atoms with Crippen molar-refractivity contribution in [1.82, 2.24) is 15.5 Å². The molecule has 8 nitrogen and oxygen atoms in total. The number of nitrogens with one attached hydrogen (secondary N) is 2. The summed E-state index contributed by atoms with van der Waals surface area (Å²) in [5, 5.41) is 15.8. The number of ether oxygens (including phenoxy) is 1. The van der Waals surface area contributed by atoms with Gasteiger partial charge in [-0.05, 0) is 88.8 Å². The molecule has 3 N–H and O–H groups in total. The number of unbranched alkanes of at least 4 members (excludes halogenated alkanes) is 4. The Balaban J connectivity index is 2.62. The van der Waals surface area contributed by atoms with Gasteiger partial charge in [-0.25, -0.2) is 4.79 Å². The van der Waals surface area contributed by atoms with E-state index in [4.69, 9.17) is 4.74 Å². The topological polar surface area (TPSA) is 108 Å². The summed E-state index contributed by atoms with van der Waals surface area (Å²) in [6.45, 7) is 15.9. The third kappa shape index (κ3) is 11.9. The molecule has 0 bridgehead atoms. The number of hydrogen-bond donors (Lipinski definition) is 3. The van der Waals surface area contributed by atoms with E-state index in [1.165, 1.54) is 0 Å². The zero-order valence-corrected chi connectivity index (χ0v) is 28.2. The number of phenolic OH excluding ortho intramolecular Hbond substituents is 1. The van der Waals surface area contributed by atoms with Crippen LogP contribution in [0.5, 0.6) is 5.75 Å². The number of carbonyl (C=O) groups is 3. The zero-order valence-electron chi connectivity index (χ0n) is 28.2. The lowest BCUT2D eigenvalue weighted by molar-refractivity contribution is -0.142. The first-order chi connectivity index (χ1) is 20.8. The fourth-order valence-electron chi connectivity index (χ4n) is 5.32. The second-order valence-corrected chi connectivity index (χ2v) is 12.9. The third-order valence-electron chi connectivity index (χ3n) is 7.76. The third-order valence-corrected chi connectivity index (χ3v) is 7.76. The Hall–Kier alpha value is -3.55. The molecule has 0 aliphatic carbocycles. The molecule has 0 heterocycles. The van der Waals surface area contributed by atoms with E-state index in [9.17, 15) is 19.5 Å². The van der Waals surface area contributed by atoms with E-state index in [-0.39, 0.29) is 30.0 Å². The summed E-state index contributed by atoms with van der Waals surface area (Å²) < 4.78 is 5.55. The minimum atomic E-state index is -1.00. The fourth-order valence-corrected chi connectivity index (χ4v) is 5.32. The van der Waals surface area contributed by atoms with Gasteiger partial charge in [0.15, 0.2) is 0 Å². The van der Waals surface area contributed by atoms with Crippen LogP contribution in [-0.2, 0) is 20.7 Å². The van der Waals surface area contributed by atoms with Gasteiger partial charge in [0.2, 0.25) is 11.8 Å². The number of alkyl carbamates (subject to hydrolysis) is 1. The summed E-state index contributed by atoms with van der Waals surface area (Å²) in [5.41, 5.74) is 2.75. The van der Waals surface area contributed by atoms with Crippen molar-refractivity contribution in [2.45, 2.75) is 130 Å². The molecule has 3 atom stereocenters. The van der Waals surface area contributed by atoms with Gasteiger partial charge in [0.25, 0.3) is 0 Å². The van der Waals surface area contributed by atoms with Gasteiger partial charge in [-0.1, -0.05) is 76.3 Å². The highest BCUT2D eigenvalue weighted by atomic mass is 16.6. The molecule has 0 radical (unpaired) electrons. The number of carbonyl (C=O) groups excluding carboxylic acids is 3. The highest BCUT2D eigenvalue weighted by Gasteiger charge is 2.37. The second kappa shape index (κ2) is 17.7. The van der Waals surface area contributed by atoms with Crippen LogP contribution in [0.3, 0.4) is 0 Å². The van der Waals surface area contributed by atoms with Gasteiger partial charge in [0.1, 0.15) is 23.4 Å². The number of phenols is 1. The Bertz CT molecular complexity index is 1210. The molecule has 44 heavy (non-hydrogen) atoms. The minimum Gasteiger partial charge on any atom is -0.508 e. The molecule has 0 aliphatic rings. The molecule has 3 amide bonds. The average Bonchev–Trinajstić information content (AvgIpc) is 2.93. The second-order valence-electron chi connectivity index (χ2n) is 12.9. The van der Waals surface area contributed by atoms with Crippen molar-refractivity contribution in [1.29, 1.82) is 0 Å². The standard InChI is InChI=1S/C36H55N3O5/c1-9-11-12-13-14-23-39(32(33(41)37-26(4)16-10-2)30-18-15-17-25(3)27(30)5)34(42)31(38-35(43)44-36(6,7)8)24-28-19-21-29(40)22-20-28/h15,17-22,26,31-32,40H,9-14,16,23-24H2,1-8H3,(H,37,41)(H,38,43). The van der Waals surface area contributed by atoms with E-state index < -0.39 is 23.8 Å². The lowest BCUT2D eigenvalue weighted by atomic mass is 9.94. The van der Waals surface area contributed by atoms with E-state index in [0.29, 0.717) is 6.54 Å². The first-order valence-electron chi connectivity index (χ1n) is 16.2. The van der Waals surface area contributed by atoms with Crippen molar-refractivity contribution in [3.63, 3.8) is 0 Å². The lowest BCUT2D eigenvalue weighted by Crippen LogP contribution is -2.54. The Morgan fingerprint density at radius 3 is 2.18 bits per heavy atom. The van der Waals surface area contributed by atoms with Crippen LogP contribution in [-0.4, -0.2) is 52.1 Å². The van der Waals surface area contributed by atoms with Gasteiger partial charge < -0.3 is 25.4 Å². The molecule has 2 aromatic rings. The molecular formula is C36H55N3O5. The van der Waals surface area contributed by atoms with Crippen LogP contribution in [0.1, 0.15) is 115 Å². The van der Waals surface area contributed by atoms with E-state index in [1.807, 2.05) is 39.0 Å². The number of aryl methyl sites for hydroxylation is 1. The SMILES string of the molecule is CCCCCCCN(C(=O)C(Cc1ccc(O)cc1)NC(=O)OC(C)(C)C)C(C(=O)NC(C)CCC)c1cccc(C)c1C. The van der Waals surface area contributed by atoms with Crippen LogP contribution in [0, 0.1) is 13.8 Å². The maximum Gasteiger partial charge on any atom is 0.408 e. The molecule has 2 aromatic carbocycles. The van der Waals surface area contributed by atoms with E-state index in [2.05, 4.69) is 24.5 Å². The number of rotatable bonds is 16. The van der Waals surface area contributed by atoms with Crippen LogP contribution in [0.25, 0.3) is 0 Å². The smallest absolute Gasteiger partial charge is 0.408 e. The van der Waals surface area contributed by atoms with E-state index >= 15 is 0 Å². The van der Waals surface area contributed by atoms with Crippen LogP contribution in [0.2, 0.25) is 0 Å². The molecule has 0 fully saturated rings. The number of aromatic hydroxyl groups is 1. The largest absolute Gasteiger partial charge is 0.508 e. The highest BCUT2D eigenvalue weighted by molar-refractivity contribution is 5.92. The summed E-state index contributed by atoms with van der Waals surface area (Å²) in [6.07, 6.45) is 6.09. The Kier molecular flexibility index (Phi) is 14.7. The van der Waals surface area contributed by atoms with Crippen molar-refractivity contribution in [3.8, 4) is 5.75 Å². The maximum atomic E-state index is 14.7. The van der Waals surface area contributed by atoms with Crippen molar-refractivity contribution < 1.29 is 24.2 Å². The molecule has 0 aromatic heterocycles. The summed E-state index contributed by atoms with van der Waals surface area (Å²) in [5.74, 6) is -0.482. The van der Waals surface area contributed by atoms with E-state index in [0.717, 1.165) is 67.2 Å². The van der Waals surface area contributed by atoms with E-state index in [1.54, 1.807) is 49.9 Å². The zero-order chi connectivity index (χ0) is 32.9. The molecule has 2 rings (SSSR count). The first kappa shape index (κ1) is 36.6. The van der Waals surface area contributed by atoms with Gasteiger partial charge in [0.05, 0.1) is 0 Å². The summed E-state index contributed by atoms with van der Waals surface area (Å²) in [6, 6.07) is 10.5. The predicted octanol–water partition coefficient (Wildman–Crippen LogP) is 7.29. The number of nitrogens with zero attached hydrogens (tertiary/aromatic N) is 1. The lowest BCUT2D eigenvalue weighted by Gasteiger charge is -2.36. The van der Waals surface area contributed by atoms with Crippen molar-refractivity contribution >= 4 is 17.9 Å². The predicted molar refractivity (Wildman–Crippen MR) is 177 cm³/mol. The molecule has 0 saturated heterocycles.